The molecule has 0 bridgehead atoms. The molecule has 0 amide bonds. The van der Waals surface area contributed by atoms with Gasteiger partial charge < -0.3 is 10.1 Å². The van der Waals surface area contributed by atoms with Crippen LogP contribution in [0.25, 0.3) is 11.1 Å². The molecular formula is C17H19NO. The molecule has 0 aliphatic carbocycles. The molecule has 0 saturated carbocycles. The van der Waals surface area contributed by atoms with Gasteiger partial charge in [0.05, 0.1) is 6.61 Å². The van der Waals surface area contributed by atoms with Crippen LogP contribution in [0.3, 0.4) is 0 Å². The predicted octanol–water partition coefficient (Wildman–Crippen LogP) is 3.79. The third-order valence-corrected chi connectivity index (χ3v) is 3.61. The Kier molecular flexibility index (Phi) is 3.51. The van der Waals surface area contributed by atoms with E-state index in [-0.39, 0.29) is 0 Å². The minimum Gasteiger partial charge on any atom is -0.493 e. The zero-order valence-electron chi connectivity index (χ0n) is 11.2. The van der Waals surface area contributed by atoms with Crippen LogP contribution in [-0.4, -0.2) is 13.2 Å². The van der Waals surface area contributed by atoms with E-state index in [1.807, 2.05) is 6.07 Å². The van der Waals surface area contributed by atoms with Crippen molar-refractivity contribution in [2.45, 2.75) is 19.4 Å². The number of hydrogen-bond acceptors (Lipinski definition) is 2. The maximum atomic E-state index is 5.95. The van der Waals surface area contributed by atoms with E-state index in [0.29, 0.717) is 6.04 Å². The Hall–Kier alpha value is -1.80. The number of benzene rings is 2. The van der Waals surface area contributed by atoms with Crippen molar-refractivity contribution in [2.24, 2.45) is 0 Å². The van der Waals surface area contributed by atoms with Crippen LogP contribution >= 0.6 is 0 Å². The second-order valence-corrected chi connectivity index (χ2v) is 4.84. The molecule has 3 rings (SSSR count). The lowest BCUT2D eigenvalue weighted by Gasteiger charge is -2.28. The van der Waals surface area contributed by atoms with E-state index < -0.39 is 0 Å². The van der Waals surface area contributed by atoms with Gasteiger partial charge in [-0.25, -0.2) is 0 Å². The molecule has 0 aromatic heterocycles. The number of ether oxygens (including phenoxy) is 1. The molecule has 2 aromatic carbocycles. The summed E-state index contributed by atoms with van der Waals surface area (Å²) in [6.07, 6.45) is 1.04. The van der Waals surface area contributed by atoms with Crippen LogP contribution in [0.4, 0.5) is 0 Å². The second-order valence-electron chi connectivity index (χ2n) is 4.84. The summed E-state index contributed by atoms with van der Waals surface area (Å²) >= 11 is 0. The summed E-state index contributed by atoms with van der Waals surface area (Å²) in [7, 11) is 0. The fourth-order valence-electron chi connectivity index (χ4n) is 2.73. The van der Waals surface area contributed by atoms with Crippen LogP contribution in [0.15, 0.2) is 48.5 Å². The van der Waals surface area contributed by atoms with Gasteiger partial charge in [-0.1, -0.05) is 55.5 Å². The monoisotopic (exact) mass is 253 g/mol. The van der Waals surface area contributed by atoms with Gasteiger partial charge in [0, 0.05) is 23.6 Å². The topological polar surface area (TPSA) is 21.3 Å². The first kappa shape index (κ1) is 12.2. The summed E-state index contributed by atoms with van der Waals surface area (Å²) in [4.78, 5) is 0. The molecule has 1 atom stereocenters. The van der Waals surface area contributed by atoms with Gasteiger partial charge in [0.1, 0.15) is 5.75 Å². The van der Waals surface area contributed by atoms with Crippen LogP contribution in [-0.2, 0) is 0 Å². The van der Waals surface area contributed by atoms with Crippen LogP contribution in [0.2, 0.25) is 0 Å². The average molecular weight is 253 g/mol. The highest BCUT2D eigenvalue weighted by Crippen LogP contribution is 2.39. The van der Waals surface area contributed by atoms with Crippen molar-refractivity contribution in [3.63, 3.8) is 0 Å². The number of nitrogens with one attached hydrogen (secondary N) is 1. The van der Waals surface area contributed by atoms with E-state index in [0.717, 1.165) is 25.3 Å². The van der Waals surface area contributed by atoms with E-state index in [1.54, 1.807) is 0 Å². The Morgan fingerprint density at radius 3 is 2.74 bits per heavy atom. The van der Waals surface area contributed by atoms with E-state index in [9.17, 15) is 0 Å². The summed E-state index contributed by atoms with van der Waals surface area (Å²) in [6, 6.07) is 17.3. The Balaban J connectivity index is 2.06. The molecule has 2 aromatic rings. The SMILES string of the molecule is CCNC1CCOc2c(-c3ccccc3)cccc21. The predicted molar refractivity (Wildman–Crippen MR) is 78.4 cm³/mol. The Morgan fingerprint density at radius 2 is 1.95 bits per heavy atom. The molecule has 0 fully saturated rings. The normalized spacial score (nSPS) is 17.6. The van der Waals surface area contributed by atoms with Crippen molar-refractivity contribution in [3.8, 4) is 16.9 Å². The summed E-state index contributed by atoms with van der Waals surface area (Å²) in [6.45, 7) is 3.92. The van der Waals surface area contributed by atoms with Gasteiger partial charge in [-0.15, -0.1) is 0 Å². The summed E-state index contributed by atoms with van der Waals surface area (Å²) in [5, 5.41) is 3.54. The van der Waals surface area contributed by atoms with Gasteiger partial charge in [0.15, 0.2) is 0 Å². The molecule has 1 unspecified atom stereocenters. The minimum atomic E-state index is 0.414. The summed E-state index contributed by atoms with van der Waals surface area (Å²) in [5.74, 6) is 1.05. The van der Waals surface area contributed by atoms with E-state index >= 15 is 0 Å². The molecule has 0 spiro atoms. The lowest BCUT2D eigenvalue weighted by Crippen LogP contribution is -2.27. The van der Waals surface area contributed by atoms with Gasteiger partial charge in [0.2, 0.25) is 0 Å². The van der Waals surface area contributed by atoms with E-state index in [4.69, 9.17) is 4.74 Å². The average Bonchev–Trinajstić information content (AvgIpc) is 2.48. The quantitative estimate of drug-likeness (QED) is 0.898. The standard InChI is InChI=1S/C17H19NO/c1-2-18-16-11-12-19-17-14(9-6-10-15(16)17)13-7-4-3-5-8-13/h3-10,16,18H,2,11-12H2,1H3. The highest BCUT2D eigenvalue weighted by molar-refractivity contribution is 5.72. The lowest BCUT2D eigenvalue weighted by molar-refractivity contribution is 0.255. The van der Waals surface area contributed by atoms with Crippen molar-refractivity contribution in [2.75, 3.05) is 13.2 Å². The number of para-hydroxylation sites is 1. The third-order valence-electron chi connectivity index (χ3n) is 3.61. The smallest absolute Gasteiger partial charge is 0.131 e. The van der Waals surface area contributed by atoms with Crippen molar-refractivity contribution in [1.29, 1.82) is 0 Å². The first-order chi connectivity index (χ1) is 9.40. The van der Waals surface area contributed by atoms with Crippen molar-refractivity contribution in [3.05, 3.63) is 54.1 Å². The van der Waals surface area contributed by atoms with Crippen molar-refractivity contribution < 1.29 is 4.74 Å². The maximum Gasteiger partial charge on any atom is 0.131 e. The van der Waals surface area contributed by atoms with Crippen molar-refractivity contribution >= 4 is 0 Å². The molecule has 2 nitrogen and oxygen atoms in total. The fourth-order valence-corrected chi connectivity index (χ4v) is 2.73. The van der Waals surface area contributed by atoms with Crippen LogP contribution in [0.1, 0.15) is 24.9 Å². The summed E-state index contributed by atoms with van der Waals surface area (Å²) < 4.78 is 5.95. The number of hydrogen-bond donors (Lipinski definition) is 1. The van der Waals surface area contributed by atoms with E-state index in [2.05, 4.69) is 54.7 Å². The maximum absolute atomic E-state index is 5.95. The third kappa shape index (κ3) is 2.36. The molecule has 1 heterocycles. The molecule has 0 saturated heterocycles. The molecular weight excluding hydrogens is 234 g/mol. The van der Waals surface area contributed by atoms with Crippen LogP contribution < -0.4 is 10.1 Å². The first-order valence-electron chi connectivity index (χ1n) is 6.94. The lowest BCUT2D eigenvalue weighted by atomic mass is 9.94. The Labute approximate surface area is 114 Å². The zero-order chi connectivity index (χ0) is 13.1. The van der Waals surface area contributed by atoms with Crippen LogP contribution in [0.5, 0.6) is 5.75 Å². The molecule has 19 heavy (non-hydrogen) atoms. The number of fused-ring (bicyclic) bond motifs is 1. The first-order valence-corrected chi connectivity index (χ1v) is 6.94. The highest BCUT2D eigenvalue weighted by atomic mass is 16.5. The molecule has 1 N–H and O–H groups in total. The summed E-state index contributed by atoms with van der Waals surface area (Å²) in [5.41, 5.74) is 3.70. The van der Waals surface area contributed by atoms with Gasteiger partial charge in [0.25, 0.3) is 0 Å². The second kappa shape index (κ2) is 5.45. The van der Waals surface area contributed by atoms with Gasteiger partial charge in [-0.3, -0.25) is 0 Å². The minimum absolute atomic E-state index is 0.414. The largest absolute Gasteiger partial charge is 0.493 e. The van der Waals surface area contributed by atoms with Gasteiger partial charge >= 0.3 is 0 Å². The molecule has 0 radical (unpaired) electrons. The number of rotatable bonds is 3. The highest BCUT2D eigenvalue weighted by Gasteiger charge is 2.23. The van der Waals surface area contributed by atoms with Gasteiger partial charge in [-0.05, 0) is 12.1 Å². The fraction of sp³-hybridized carbons (Fsp3) is 0.294. The molecule has 2 heteroatoms. The van der Waals surface area contributed by atoms with E-state index in [1.165, 1.54) is 16.7 Å². The Bertz CT molecular complexity index is 550. The Morgan fingerprint density at radius 1 is 1.11 bits per heavy atom. The van der Waals surface area contributed by atoms with Crippen LogP contribution in [0, 0.1) is 0 Å². The molecule has 1 aliphatic rings. The molecule has 1 aliphatic heterocycles. The van der Waals surface area contributed by atoms with Gasteiger partial charge in [-0.2, -0.15) is 0 Å². The zero-order valence-corrected chi connectivity index (χ0v) is 11.2. The molecule has 98 valence electrons. The van der Waals surface area contributed by atoms with Crippen molar-refractivity contribution in [1.82, 2.24) is 5.32 Å².